The zero-order valence-corrected chi connectivity index (χ0v) is 18.6. The molecule has 4 heterocycles. The van der Waals surface area contributed by atoms with Crippen LogP contribution in [0.1, 0.15) is 34.2 Å². The van der Waals surface area contributed by atoms with Crippen LogP contribution in [0.4, 0.5) is 13.2 Å². The van der Waals surface area contributed by atoms with Crippen molar-refractivity contribution in [2.45, 2.75) is 39.7 Å². The number of para-hydroxylation sites is 1. The van der Waals surface area contributed by atoms with Crippen LogP contribution in [0.2, 0.25) is 0 Å². The molecule has 0 unspecified atom stereocenters. The van der Waals surface area contributed by atoms with Gasteiger partial charge in [-0.1, -0.05) is 12.1 Å². The lowest BCUT2D eigenvalue weighted by atomic mass is 10.1. The maximum absolute atomic E-state index is 13.6. The van der Waals surface area contributed by atoms with Crippen molar-refractivity contribution in [3.8, 4) is 5.69 Å². The van der Waals surface area contributed by atoms with E-state index in [9.17, 15) is 22.8 Å². The number of aromatic nitrogens is 4. The number of fused-ring (bicyclic) bond motifs is 2. The summed E-state index contributed by atoms with van der Waals surface area (Å²) in [5.74, 6) is -0.332. The topological polar surface area (TPSA) is 65.1 Å². The van der Waals surface area contributed by atoms with Crippen molar-refractivity contribution < 1.29 is 18.0 Å². The predicted octanol–water partition coefficient (Wildman–Crippen LogP) is 3.99. The van der Waals surface area contributed by atoms with Gasteiger partial charge in [0.1, 0.15) is 11.4 Å². The first-order valence-electron chi connectivity index (χ1n) is 10.9. The monoisotopic (exact) mass is 469 g/mol. The molecule has 3 aromatic heterocycles. The Kier molecular flexibility index (Phi) is 5.11. The van der Waals surface area contributed by atoms with Crippen LogP contribution in [0.15, 0.2) is 53.8 Å². The quantitative estimate of drug-likeness (QED) is 0.454. The van der Waals surface area contributed by atoms with Gasteiger partial charge in [-0.05, 0) is 37.6 Å². The van der Waals surface area contributed by atoms with Crippen LogP contribution in [-0.2, 0) is 25.8 Å². The van der Waals surface area contributed by atoms with Crippen LogP contribution in [0.5, 0.6) is 0 Å². The first kappa shape index (κ1) is 22.0. The maximum Gasteiger partial charge on any atom is 0.418 e. The zero-order chi connectivity index (χ0) is 24.2. The van der Waals surface area contributed by atoms with Gasteiger partial charge in [0.25, 0.3) is 11.5 Å². The maximum atomic E-state index is 13.6. The third-order valence-corrected chi connectivity index (χ3v) is 6.23. The van der Waals surface area contributed by atoms with Crippen molar-refractivity contribution in [1.82, 2.24) is 23.6 Å². The molecule has 0 saturated carbocycles. The summed E-state index contributed by atoms with van der Waals surface area (Å²) in [7, 11) is 0. The number of amides is 1. The second-order valence-electron chi connectivity index (χ2n) is 8.35. The largest absolute Gasteiger partial charge is 0.418 e. The molecule has 0 spiro atoms. The number of pyridine rings is 1. The molecule has 0 saturated heterocycles. The summed E-state index contributed by atoms with van der Waals surface area (Å²) in [6, 6.07) is 7.32. The highest BCUT2D eigenvalue weighted by molar-refractivity contribution is 5.94. The molecule has 0 radical (unpaired) electrons. The number of rotatable bonds is 4. The van der Waals surface area contributed by atoms with Crippen molar-refractivity contribution in [3.05, 3.63) is 81.9 Å². The second-order valence-corrected chi connectivity index (χ2v) is 8.35. The third kappa shape index (κ3) is 3.49. The Bertz CT molecular complexity index is 1480. The molecule has 1 amide bonds. The van der Waals surface area contributed by atoms with E-state index >= 15 is 0 Å². The van der Waals surface area contributed by atoms with Crippen molar-refractivity contribution in [2.75, 3.05) is 6.54 Å². The molecule has 4 aromatic rings. The van der Waals surface area contributed by atoms with Gasteiger partial charge in [0, 0.05) is 44.0 Å². The normalized spacial score (nSPS) is 14.1. The molecule has 0 N–H and O–H groups in total. The highest BCUT2D eigenvalue weighted by Crippen LogP contribution is 2.37. The fourth-order valence-electron chi connectivity index (χ4n) is 4.60. The number of nitrogens with zero attached hydrogens (tertiary/aromatic N) is 5. The SMILES string of the molecule is CCn1cc(CN2CCn3c(ccc(-n4cnc(C)c4)c3=O)C2=O)c2cccc(C(F)(F)F)c21. The number of halogens is 3. The number of carbonyl (C=O) groups is 1. The number of hydrogen-bond acceptors (Lipinski definition) is 3. The van der Waals surface area contributed by atoms with Crippen LogP contribution in [-0.4, -0.2) is 36.0 Å². The van der Waals surface area contributed by atoms with Crippen LogP contribution >= 0.6 is 0 Å². The second kappa shape index (κ2) is 7.89. The van der Waals surface area contributed by atoms with Crippen LogP contribution in [0, 0.1) is 6.92 Å². The van der Waals surface area contributed by atoms with Crippen molar-refractivity contribution in [2.24, 2.45) is 0 Å². The molecule has 0 aliphatic carbocycles. The van der Waals surface area contributed by atoms with Crippen LogP contribution in [0.3, 0.4) is 0 Å². The first-order valence-corrected chi connectivity index (χ1v) is 10.9. The van der Waals surface area contributed by atoms with Crippen molar-refractivity contribution in [1.29, 1.82) is 0 Å². The van der Waals surface area contributed by atoms with E-state index in [-0.39, 0.29) is 35.8 Å². The van der Waals surface area contributed by atoms with Gasteiger partial charge in [-0.3, -0.25) is 9.59 Å². The number of alkyl halides is 3. The predicted molar refractivity (Wildman–Crippen MR) is 120 cm³/mol. The Labute approximate surface area is 192 Å². The van der Waals surface area contributed by atoms with E-state index in [0.29, 0.717) is 29.7 Å². The molecular weight excluding hydrogens is 447 g/mol. The van der Waals surface area contributed by atoms with Gasteiger partial charge in [0.15, 0.2) is 0 Å². The summed E-state index contributed by atoms with van der Waals surface area (Å²) in [5.41, 5.74) is 1.20. The molecule has 0 atom stereocenters. The highest BCUT2D eigenvalue weighted by atomic mass is 19.4. The average molecular weight is 469 g/mol. The Balaban J connectivity index is 1.50. The summed E-state index contributed by atoms with van der Waals surface area (Å²) in [4.78, 5) is 32.0. The Morgan fingerprint density at radius 1 is 1.06 bits per heavy atom. The molecule has 0 bridgehead atoms. The Morgan fingerprint density at radius 2 is 1.85 bits per heavy atom. The van der Waals surface area contributed by atoms with E-state index in [1.807, 2.05) is 6.92 Å². The van der Waals surface area contributed by atoms with E-state index in [2.05, 4.69) is 4.98 Å². The number of imidazole rings is 1. The van der Waals surface area contributed by atoms with Gasteiger partial charge in [-0.15, -0.1) is 0 Å². The molecular formula is C24H22F3N5O2. The molecule has 7 nitrogen and oxygen atoms in total. The fraction of sp³-hybridized carbons (Fsp3) is 0.292. The summed E-state index contributed by atoms with van der Waals surface area (Å²) >= 11 is 0. The number of carbonyl (C=O) groups excluding carboxylic acids is 1. The van der Waals surface area contributed by atoms with E-state index in [0.717, 1.165) is 11.8 Å². The van der Waals surface area contributed by atoms with E-state index < -0.39 is 11.7 Å². The molecule has 176 valence electrons. The van der Waals surface area contributed by atoms with Crippen molar-refractivity contribution in [3.63, 3.8) is 0 Å². The Hall–Kier alpha value is -3.82. The summed E-state index contributed by atoms with van der Waals surface area (Å²) in [6.07, 6.45) is 0.488. The van der Waals surface area contributed by atoms with Crippen LogP contribution < -0.4 is 5.56 Å². The highest BCUT2D eigenvalue weighted by Gasteiger charge is 2.34. The molecule has 10 heteroatoms. The standard InChI is InChI=1S/C24H22F3N5O2/c1-3-29-12-16(17-5-4-6-18(21(17)29)24(25,26)27)13-30-9-10-32-20(22(30)33)8-7-19(23(32)34)31-11-15(2)28-14-31/h4-8,11-12,14H,3,9-10,13H2,1-2H3. The van der Waals surface area contributed by atoms with E-state index in [4.69, 9.17) is 0 Å². The lowest BCUT2D eigenvalue weighted by molar-refractivity contribution is -0.136. The molecule has 0 fully saturated rings. The first-order chi connectivity index (χ1) is 16.2. The minimum absolute atomic E-state index is 0.119. The summed E-state index contributed by atoms with van der Waals surface area (Å²) in [6.45, 7) is 4.69. The lowest BCUT2D eigenvalue weighted by Gasteiger charge is -2.29. The molecule has 34 heavy (non-hydrogen) atoms. The van der Waals surface area contributed by atoms with Crippen LogP contribution in [0.25, 0.3) is 16.6 Å². The van der Waals surface area contributed by atoms with Crippen molar-refractivity contribution >= 4 is 16.8 Å². The molecule has 1 aliphatic heterocycles. The number of benzene rings is 1. The minimum atomic E-state index is -4.48. The van der Waals surface area contributed by atoms with Gasteiger partial charge < -0.3 is 18.6 Å². The Morgan fingerprint density at radius 3 is 2.53 bits per heavy atom. The lowest BCUT2D eigenvalue weighted by Crippen LogP contribution is -2.44. The summed E-state index contributed by atoms with van der Waals surface area (Å²) < 4.78 is 45.5. The van der Waals surface area contributed by atoms with Gasteiger partial charge >= 0.3 is 6.18 Å². The smallest absolute Gasteiger partial charge is 0.347 e. The van der Waals surface area contributed by atoms with E-state index in [1.165, 1.54) is 10.6 Å². The fourth-order valence-corrected chi connectivity index (χ4v) is 4.60. The van der Waals surface area contributed by atoms with E-state index in [1.54, 1.807) is 57.9 Å². The molecule has 1 aromatic carbocycles. The van der Waals surface area contributed by atoms with Gasteiger partial charge in [0.05, 0.1) is 23.1 Å². The number of hydrogen-bond donors (Lipinski definition) is 0. The average Bonchev–Trinajstić information content (AvgIpc) is 3.38. The third-order valence-electron chi connectivity index (χ3n) is 6.23. The zero-order valence-electron chi connectivity index (χ0n) is 18.6. The van der Waals surface area contributed by atoms with Gasteiger partial charge in [-0.25, -0.2) is 4.98 Å². The van der Waals surface area contributed by atoms with Gasteiger partial charge in [0.2, 0.25) is 0 Å². The number of aryl methyl sites for hydroxylation is 2. The molecule has 1 aliphatic rings. The molecule has 5 rings (SSSR count). The minimum Gasteiger partial charge on any atom is -0.347 e. The summed E-state index contributed by atoms with van der Waals surface area (Å²) in [5, 5.41) is 0.471. The van der Waals surface area contributed by atoms with Gasteiger partial charge in [-0.2, -0.15) is 13.2 Å².